The second-order valence-corrected chi connectivity index (χ2v) is 5.39. The van der Waals surface area contributed by atoms with Crippen molar-refractivity contribution in [3.05, 3.63) is 41.0 Å². The lowest BCUT2D eigenvalue weighted by molar-refractivity contribution is 0.297. The van der Waals surface area contributed by atoms with E-state index in [1.165, 1.54) is 14.2 Å². The zero-order valence-corrected chi connectivity index (χ0v) is 13.4. The number of rotatable bonds is 6. The summed E-state index contributed by atoms with van der Waals surface area (Å²) in [7, 11) is 3.01. The average Bonchev–Trinajstić information content (AvgIpc) is 3.13. The van der Waals surface area contributed by atoms with Crippen molar-refractivity contribution < 1.29 is 14.2 Å². The fourth-order valence-corrected chi connectivity index (χ4v) is 2.53. The van der Waals surface area contributed by atoms with Gasteiger partial charge in [-0.25, -0.2) is 15.0 Å². The van der Waals surface area contributed by atoms with E-state index in [9.17, 15) is 0 Å². The van der Waals surface area contributed by atoms with E-state index in [4.69, 9.17) is 14.2 Å². The number of aromatic nitrogens is 4. The summed E-state index contributed by atoms with van der Waals surface area (Å²) in [4.78, 5) is 17.9. The molecule has 23 heavy (non-hydrogen) atoms. The molecule has 0 atom stereocenters. The van der Waals surface area contributed by atoms with Crippen LogP contribution in [0.3, 0.4) is 0 Å². The van der Waals surface area contributed by atoms with Crippen molar-refractivity contribution in [1.82, 2.24) is 19.9 Å². The minimum absolute atomic E-state index is 0.218. The second kappa shape index (κ2) is 7.01. The Morgan fingerprint density at radius 3 is 2.65 bits per heavy atom. The van der Waals surface area contributed by atoms with Gasteiger partial charge < -0.3 is 14.2 Å². The van der Waals surface area contributed by atoms with Gasteiger partial charge in [0.25, 0.3) is 0 Å². The van der Waals surface area contributed by atoms with Gasteiger partial charge in [-0.2, -0.15) is 4.98 Å². The van der Waals surface area contributed by atoms with E-state index >= 15 is 0 Å². The van der Waals surface area contributed by atoms with E-state index in [-0.39, 0.29) is 6.01 Å². The van der Waals surface area contributed by atoms with Crippen LogP contribution in [-0.2, 0) is 6.61 Å². The molecular formula is C15H14N4O3S. The van der Waals surface area contributed by atoms with Crippen LogP contribution in [0.2, 0.25) is 0 Å². The molecule has 0 unspecified atom stereocenters. The molecule has 7 nitrogen and oxygen atoms in total. The molecule has 0 aliphatic rings. The number of thiophene rings is 1. The molecule has 0 saturated carbocycles. The van der Waals surface area contributed by atoms with Crippen LogP contribution in [0.4, 0.5) is 0 Å². The minimum atomic E-state index is 0.218. The Hall–Kier alpha value is -2.74. The molecule has 0 radical (unpaired) electrons. The Morgan fingerprint density at radius 2 is 1.91 bits per heavy atom. The molecule has 0 fully saturated rings. The third-order valence-electron chi connectivity index (χ3n) is 2.96. The maximum Gasteiger partial charge on any atom is 0.319 e. The Bertz CT molecular complexity index is 780. The van der Waals surface area contributed by atoms with Crippen LogP contribution in [0.15, 0.2) is 36.1 Å². The molecule has 0 N–H and O–H groups in total. The molecule has 3 aromatic heterocycles. The van der Waals surface area contributed by atoms with Gasteiger partial charge >= 0.3 is 6.01 Å². The number of hydrogen-bond acceptors (Lipinski definition) is 8. The second-order valence-electron chi connectivity index (χ2n) is 4.36. The van der Waals surface area contributed by atoms with E-state index in [0.29, 0.717) is 29.6 Å². The molecule has 0 aliphatic carbocycles. The molecule has 0 bridgehead atoms. The van der Waals surface area contributed by atoms with Crippen LogP contribution >= 0.6 is 11.3 Å². The molecule has 118 valence electrons. The van der Waals surface area contributed by atoms with Gasteiger partial charge in [0.1, 0.15) is 12.3 Å². The summed E-state index contributed by atoms with van der Waals surface area (Å²) in [5.74, 6) is 0.742. The number of ether oxygens (including phenoxy) is 3. The molecule has 3 rings (SSSR count). The van der Waals surface area contributed by atoms with E-state index < -0.39 is 0 Å². The Kier molecular flexibility index (Phi) is 4.62. The molecular weight excluding hydrogens is 316 g/mol. The van der Waals surface area contributed by atoms with Crippen molar-refractivity contribution in [2.45, 2.75) is 6.61 Å². The van der Waals surface area contributed by atoms with Gasteiger partial charge in [0.2, 0.25) is 11.8 Å². The van der Waals surface area contributed by atoms with Gasteiger partial charge in [-0.1, -0.05) is 6.07 Å². The first-order valence-corrected chi connectivity index (χ1v) is 7.61. The number of hydrogen-bond donors (Lipinski definition) is 0. The van der Waals surface area contributed by atoms with Crippen LogP contribution in [0.5, 0.6) is 17.8 Å². The van der Waals surface area contributed by atoms with Crippen LogP contribution in [0, 0.1) is 0 Å². The van der Waals surface area contributed by atoms with Crippen molar-refractivity contribution in [1.29, 1.82) is 0 Å². The lowest BCUT2D eigenvalue weighted by Crippen LogP contribution is -2.02. The Balaban J connectivity index is 1.93. The predicted molar refractivity (Wildman–Crippen MR) is 84.8 cm³/mol. The van der Waals surface area contributed by atoms with Crippen LogP contribution in [-0.4, -0.2) is 34.2 Å². The minimum Gasteiger partial charge on any atom is -0.480 e. The smallest absolute Gasteiger partial charge is 0.319 e. The quantitative estimate of drug-likeness (QED) is 0.687. The summed E-state index contributed by atoms with van der Waals surface area (Å²) in [5, 5.41) is 2.00. The van der Waals surface area contributed by atoms with Gasteiger partial charge in [0, 0.05) is 23.5 Å². The third kappa shape index (κ3) is 3.37. The largest absolute Gasteiger partial charge is 0.480 e. The highest BCUT2D eigenvalue weighted by molar-refractivity contribution is 7.09. The number of nitrogens with zero attached hydrogens (tertiary/aromatic N) is 4. The highest BCUT2D eigenvalue weighted by Crippen LogP contribution is 2.32. The Morgan fingerprint density at radius 1 is 1.04 bits per heavy atom. The average molecular weight is 330 g/mol. The van der Waals surface area contributed by atoms with Gasteiger partial charge in [0.15, 0.2) is 0 Å². The van der Waals surface area contributed by atoms with E-state index in [1.54, 1.807) is 29.9 Å². The topological polar surface area (TPSA) is 79.3 Å². The van der Waals surface area contributed by atoms with Crippen molar-refractivity contribution in [3.8, 4) is 29.0 Å². The zero-order valence-electron chi connectivity index (χ0n) is 12.6. The first kappa shape index (κ1) is 15.2. The fourth-order valence-electron chi connectivity index (χ4n) is 1.92. The predicted octanol–water partition coefficient (Wildman–Crippen LogP) is 2.59. The Labute approximate surface area is 137 Å². The van der Waals surface area contributed by atoms with Crippen molar-refractivity contribution in [3.63, 3.8) is 0 Å². The first-order valence-electron chi connectivity index (χ1n) is 6.73. The van der Waals surface area contributed by atoms with Crippen molar-refractivity contribution in [2.24, 2.45) is 0 Å². The molecule has 0 aliphatic heterocycles. The molecule has 3 aromatic rings. The highest BCUT2D eigenvalue weighted by Gasteiger charge is 2.17. The van der Waals surface area contributed by atoms with Crippen LogP contribution in [0.25, 0.3) is 11.3 Å². The lowest BCUT2D eigenvalue weighted by atomic mass is 10.2. The molecule has 8 heteroatoms. The first-order chi connectivity index (χ1) is 11.3. The zero-order chi connectivity index (χ0) is 16.1. The summed E-state index contributed by atoms with van der Waals surface area (Å²) >= 11 is 1.62. The molecule has 0 amide bonds. The van der Waals surface area contributed by atoms with Gasteiger partial charge in [-0.15, -0.1) is 11.3 Å². The lowest BCUT2D eigenvalue weighted by Gasteiger charge is -2.11. The number of methoxy groups -OCH3 is 2. The third-order valence-corrected chi connectivity index (χ3v) is 3.81. The van der Waals surface area contributed by atoms with Gasteiger partial charge in [-0.05, 0) is 11.4 Å². The highest BCUT2D eigenvalue weighted by atomic mass is 32.1. The van der Waals surface area contributed by atoms with Crippen molar-refractivity contribution >= 4 is 11.3 Å². The molecule has 0 saturated heterocycles. The monoisotopic (exact) mass is 330 g/mol. The summed E-state index contributed by atoms with van der Waals surface area (Å²) < 4.78 is 16.1. The maximum absolute atomic E-state index is 5.79. The van der Waals surface area contributed by atoms with Gasteiger partial charge in [-0.3, -0.25) is 0 Å². The molecule has 0 aromatic carbocycles. The van der Waals surface area contributed by atoms with Crippen molar-refractivity contribution in [2.75, 3.05) is 14.2 Å². The van der Waals surface area contributed by atoms with Gasteiger partial charge in [0.05, 0.1) is 19.8 Å². The molecule has 3 heterocycles. The standard InChI is InChI=1S/C15H14N4O3S/c1-20-13-11(8-18-15(19-13)21-2)12-14(17-6-5-16-12)22-9-10-4-3-7-23-10/h3-8H,9H2,1-2H3. The molecule has 0 spiro atoms. The maximum atomic E-state index is 5.79. The van der Waals surface area contributed by atoms with E-state index in [0.717, 1.165) is 4.88 Å². The normalized spacial score (nSPS) is 10.3. The SMILES string of the molecule is COc1ncc(-c2nccnc2OCc2cccs2)c(OC)n1. The van der Waals surface area contributed by atoms with E-state index in [1.807, 2.05) is 17.5 Å². The summed E-state index contributed by atoms with van der Waals surface area (Å²) in [6.45, 7) is 0.419. The summed E-state index contributed by atoms with van der Waals surface area (Å²) in [6, 6.07) is 4.19. The summed E-state index contributed by atoms with van der Waals surface area (Å²) in [6.07, 6.45) is 4.73. The van der Waals surface area contributed by atoms with E-state index in [2.05, 4.69) is 19.9 Å². The fraction of sp³-hybridized carbons (Fsp3) is 0.200. The summed E-state index contributed by atoms with van der Waals surface area (Å²) in [5.41, 5.74) is 1.10. The van der Waals surface area contributed by atoms with Crippen LogP contribution < -0.4 is 14.2 Å². The van der Waals surface area contributed by atoms with Crippen LogP contribution in [0.1, 0.15) is 4.88 Å².